The van der Waals surface area contributed by atoms with Gasteiger partial charge in [0, 0.05) is 23.5 Å². The number of carbonyl (C=O) groups excluding carboxylic acids is 2. The zero-order valence-corrected chi connectivity index (χ0v) is 29.0. The fourth-order valence-corrected chi connectivity index (χ4v) is 6.27. The van der Waals surface area contributed by atoms with E-state index in [0.29, 0.717) is 59.5 Å². The number of aromatic nitrogens is 2. The Morgan fingerprint density at radius 3 is 1.44 bits per heavy atom. The van der Waals surface area contributed by atoms with Crippen molar-refractivity contribution in [3.63, 3.8) is 0 Å². The normalized spacial score (nSPS) is 11.3. The number of aromatic hydroxyl groups is 2. The molecule has 12 nitrogen and oxygen atoms in total. The van der Waals surface area contributed by atoms with Crippen molar-refractivity contribution >= 4 is 55.7 Å². The van der Waals surface area contributed by atoms with Gasteiger partial charge in [-0.25, -0.2) is 9.97 Å². The number of unbranched alkanes of at least 4 members (excludes halogenated alkanes) is 2. The lowest BCUT2D eigenvalue weighted by molar-refractivity contribution is 0.102. The van der Waals surface area contributed by atoms with E-state index in [2.05, 4.69) is 9.97 Å². The first-order valence-electron chi connectivity index (χ1n) is 17.4. The monoisotopic (exact) mass is 734 g/mol. The lowest BCUT2D eigenvalue weighted by Gasteiger charge is -2.11. The Hall–Kier alpha value is -7.34. The van der Waals surface area contributed by atoms with Crippen molar-refractivity contribution in [3.8, 4) is 23.0 Å². The van der Waals surface area contributed by atoms with Gasteiger partial charge in [-0.05, 0) is 92.1 Å². The Labute approximate surface area is 310 Å². The Kier molecular flexibility index (Phi) is 9.21. The average molecular weight is 735 g/mol. The molecule has 55 heavy (non-hydrogen) atoms. The van der Waals surface area contributed by atoms with E-state index in [1.165, 1.54) is 48.8 Å². The first-order chi connectivity index (χ1) is 26.7. The van der Waals surface area contributed by atoms with Crippen LogP contribution >= 0.6 is 0 Å². The number of fused-ring (bicyclic) bond motifs is 4. The number of hydrogen-bond acceptors (Lipinski definition) is 12. The van der Waals surface area contributed by atoms with Crippen LogP contribution in [0.1, 0.15) is 51.1 Å². The van der Waals surface area contributed by atoms with Crippen molar-refractivity contribution in [3.05, 3.63) is 152 Å². The predicted molar refractivity (Wildman–Crippen MR) is 203 cm³/mol. The van der Waals surface area contributed by atoms with Crippen LogP contribution in [0.25, 0.3) is 44.1 Å². The second kappa shape index (κ2) is 14.6. The lowest BCUT2D eigenvalue weighted by atomic mass is 10.0. The quantitative estimate of drug-likeness (QED) is 0.0718. The fourth-order valence-electron chi connectivity index (χ4n) is 6.27. The van der Waals surface area contributed by atoms with Gasteiger partial charge in [0.25, 0.3) is 0 Å². The molecule has 0 bridgehead atoms. The summed E-state index contributed by atoms with van der Waals surface area (Å²) in [5, 5.41) is 22.1. The number of ketones is 2. The lowest BCUT2D eigenvalue weighted by Crippen LogP contribution is -2.08. The number of benzene rings is 4. The standard InChI is InChI=1S/C43H30N2O10/c46-34-14-12-26(20-30(34)38(48)24-18-32-40(50)28-8-2-4-10-36(28)54-42(32)44-22-24)52-16-6-1-7-17-53-27-13-15-35(47)31(21-27)39(49)25-19-33-41(51)29-9-3-5-11-37(29)55-43(33)45-23-25/h2-5,8-15,18-23,46-47H,1,6-7,16-17H2. The van der Waals surface area contributed by atoms with Crippen molar-refractivity contribution in [2.45, 2.75) is 19.3 Å². The predicted octanol–water partition coefficient (Wildman–Crippen LogP) is 7.50. The molecule has 4 aromatic carbocycles. The molecule has 8 rings (SSSR count). The minimum atomic E-state index is -0.531. The van der Waals surface area contributed by atoms with Gasteiger partial charge in [-0.3, -0.25) is 19.2 Å². The number of ether oxygens (including phenoxy) is 2. The summed E-state index contributed by atoms with van der Waals surface area (Å²) >= 11 is 0. The molecule has 4 aromatic heterocycles. The molecule has 272 valence electrons. The Balaban J connectivity index is 0.855. The molecule has 0 unspecified atom stereocenters. The number of pyridine rings is 2. The molecule has 0 spiro atoms. The van der Waals surface area contributed by atoms with Gasteiger partial charge in [-0.2, -0.15) is 0 Å². The second-order valence-electron chi connectivity index (χ2n) is 12.8. The summed E-state index contributed by atoms with van der Waals surface area (Å²) in [4.78, 5) is 61.3. The van der Waals surface area contributed by atoms with Crippen LogP contribution < -0.4 is 20.3 Å². The van der Waals surface area contributed by atoms with Crippen LogP contribution in [-0.4, -0.2) is 45.0 Å². The van der Waals surface area contributed by atoms with E-state index in [0.717, 1.165) is 6.42 Å². The van der Waals surface area contributed by atoms with Gasteiger partial charge in [0.05, 0.1) is 45.9 Å². The van der Waals surface area contributed by atoms with E-state index in [9.17, 15) is 29.4 Å². The third kappa shape index (κ3) is 6.84. The number of phenols is 2. The summed E-state index contributed by atoms with van der Waals surface area (Å²) in [5.74, 6) is -0.779. The van der Waals surface area contributed by atoms with Crippen molar-refractivity contribution in [2.24, 2.45) is 0 Å². The average Bonchev–Trinajstić information content (AvgIpc) is 3.21. The van der Waals surface area contributed by atoms with Gasteiger partial charge in [-0.15, -0.1) is 0 Å². The minimum Gasteiger partial charge on any atom is -0.507 e. The van der Waals surface area contributed by atoms with Crippen LogP contribution in [0.2, 0.25) is 0 Å². The van der Waals surface area contributed by atoms with Crippen LogP contribution in [0.15, 0.2) is 128 Å². The van der Waals surface area contributed by atoms with Gasteiger partial charge in [0.2, 0.25) is 22.3 Å². The van der Waals surface area contributed by atoms with E-state index in [-0.39, 0.29) is 66.8 Å². The third-order valence-corrected chi connectivity index (χ3v) is 9.14. The van der Waals surface area contributed by atoms with E-state index in [1.54, 1.807) is 60.7 Å². The highest BCUT2D eigenvalue weighted by atomic mass is 16.5. The number of phenolic OH excluding ortho intramolecular Hbond substituents is 2. The number of nitrogens with zero attached hydrogens (tertiary/aromatic N) is 2. The molecule has 8 aromatic rings. The maximum Gasteiger partial charge on any atom is 0.230 e. The molecule has 4 heterocycles. The number of hydrogen-bond donors (Lipinski definition) is 2. The molecule has 0 saturated carbocycles. The molecular weight excluding hydrogens is 704 g/mol. The first-order valence-corrected chi connectivity index (χ1v) is 17.4. The SMILES string of the molecule is O=C(c1cnc2oc3ccccc3c(=O)c2c1)c1cc(OCCCCCOc2ccc(O)c(C(=O)c3cnc4oc5ccccc5c(=O)c4c3)c2)ccc1O. The zero-order chi connectivity index (χ0) is 38.1. The smallest absolute Gasteiger partial charge is 0.230 e. The van der Waals surface area contributed by atoms with Gasteiger partial charge < -0.3 is 28.5 Å². The van der Waals surface area contributed by atoms with Crippen LogP contribution in [0.4, 0.5) is 0 Å². The number of para-hydroxylation sites is 2. The summed E-state index contributed by atoms with van der Waals surface area (Å²) in [6.07, 6.45) is 4.65. The van der Waals surface area contributed by atoms with Gasteiger partial charge >= 0.3 is 0 Å². The largest absolute Gasteiger partial charge is 0.507 e. The highest BCUT2D eigenvalue weighted by molar-refractivity contribution is 6.12. The molecule has 0 atom stereocenters. The zero-order valence-electron chi connectivity index (χ0n) is 29.0. The summed E-state index contributed by atoms with van der Waals surface area (Å²) in [7, 11) is 0. The Morgan fingerprint density at radius 1 is 0.545 bits per heavy atom. The van der Waals surface area contributed by atoms with Gasteiger partial charge in [0.1, 0.15) is 34.2 Å². The Morgan fingerprint density at radius 2 is 0.982 bits per heavy atom. The maximum absolute atomic E-state index is 13.4. The molecule has 0 aliphatic carbocycles. The summed E-state index contributed by atoms with van der Waals surface area (Å²) < 4.78 is 23.2. The third-order valence-electron chi connectivity index (χ3n) is 9.14. The topological polar surface area (TPSA) is 179 Å². The van der Waals surface area contributed by atoms with E-state index >= 15 is 0 Å². The molecule has 0 fully saturated rings. The molecular formula is C43H30N2O10. The van der Waals surface area contributed by atoms with Crippen LogP contribution in [-0.2, 0) is 0 Å². The van der Waals surface area contributed by atoms with Crippen molar-refractivity contribution in [2.75, 3.05) is 13.2 Å². The van der Waals surface area contributed by atoms with Crippen molar-refractivity contribution < 1.29 is 38.1 Å². The highest BCUT2D eigenvalue weighted by Crippen LogP contribution is 2.29. The minimum absolute atomic E-state index is 0.000132. The number of carbonyl (C=O) groups is 2. The maximum atomic E-state index is 13.4. The summed E-state index contributed by atoms with van der Waals surface area (Å²) in [6.45, 7) is 0.658. The second-order valence-corrected chi connectivity index (χ2v) is 12.8. The van der Waals surface area contributed by atoms with Crippen molar-refractivity contribution in [1.82, 2.24) is 9.97 Å². The van der Waals surface area contributed by atoms with Gasteiger partial charge in [0.15, 0.2) is 11.6 Å². The molecule has 0 amide bonds. The van der Waals surface area contributed by atoms with Crippen LogP contribution in [0.3, 0.4) is 0 Å². The fraction of sp³-hybridized carbons (Fsp3) is 0.116. The van der Waals surface area contributed by atoms with E-state index in [1.807, 2.05) is 0 Å². The molecule has 12 heteroatoms. The van der Waals surface area contributed by atoms with Crippen LogP contribution in [0, 0.1) is 0 Å². The molecule has 0 saturated heterocycles. The first kappa shape index (κ1) is 34.7. The Bertz CT molecular complexity index is 2730. The molecule has 2 N–H and O–H groups in total. The molecule has 0 aliphatic rings. The van der Waals surface area contributed by atoms with Crippen molar-refractivity contribution in [1.29, 1.82) is 0 Å². The molecule has 0 radical (unpaired) electrons. The highest BCUT2D eigenvalue weighted by Gasteiger charge is 2.20. The summed E-state index contributed by atoms with van der Waals surface area (Å²) in [5.41, 5.74) is 0.609. The number of rotatable bonds is 12. The molecule has 0 aliphatic heterocycles. The van der Waals surface area contributed by atoms with E-state index in [4.69, 9.17) is 18.3 Å². The van der Waals surface area contributed by atoms with Gasteiger partial charge in [-0.1, -0.05) is 24.3 Å². The van der Waals surface area contributed by atoms with E-state index < -0.39 is 11.6 Å². The van der Waals surface area contributed by atoms with Crippen LogP contribution in [0.5, 0.6) is 23.0 Å². The summed E-state index contributed by atoms with van der Waals surface area (Å²) in [6, 6.07) is 25.2.